The van der Waals surface area contributed by atoms with Crippen molar-refractivity contribution in [2.75, 3.05) is 20.8 Å². The molecular formula is C13H18BrN2O4+. The molecule has 2 amide bonds. The predicted molar refractivity (Wildman–Crippen MR) is 76.4 cm³/mol. The van der Waals surface area contributed by atoms with Crippen molar-refractivity contribution in [3.63, 3.8) is 0 Å². The number of hydrogen-bond acceptors (Lipinski definition) is 4. The molecule has 20 heavy (non-hydrogen) atoms. The van der Waals surface area contributed by atoms with E-state index in [0.29, 0.717) is 0 Å². The van der Waals surface area contributed by atoms with Gasteiger partial charge < -0.3 is 14.8 Å². The van der Waals surface area contributed by atoms with Crippen molar-refractivity contribution in [3.8, 4) is 5.75 Å². The number of halogens is 1. The zero-order valence-electron chi connectivity index (χ0n) is 11.6. The highest BCUT2D eigenvalue weighted by atomic mass is 79.9. The number of carbonyl (C=O) groups is 2. The lowest BCUT2D eigenvalue weighted by Gasteiger charge is -2.12. The molecule has 0 radical (unpaired) electrons. The van der Waals surface area contributed by atoms with E-state index in [2.05, 4.69) is 26.0 Å². The Morgan fingerprint density at radius 3 is 2.65 bits per heavy atom. The topological polar surface area (TPSA) is 81.2 Å². The molecule has 0 unspecified atom stereocenters. The lowest BCUT2D eigenvalue weighted by molar-refractivity contribution is -0.682. The number of nitrogens with one attached hydrogen (secondary N) is 1. The van der Waals surface area contributed by atoms with Crippen LogP contribution < -0.4 is 15.4 Å². The van der Waals surface area contributed by atoms with Gasteiger partial charge in [-0.1, -0.05) is 0 Å². The summed E-state index contributed by atoms with van der Waals surface area (Å²) in [5, 5.41) is 3.93. The first kappa shape index (κ1) is 16.5. The van der Waals surface area contributed by atoms with Gasteiger partial charge in [-0.3, -0.25) is 10.1 Å². The highest BCUT2D eigenvalue weighted by Gasteiger charge is 2.14. The SMILES string of the molecule is COC(=O)NC(=O)C[NH2+][C@H](C)c1ccc(OC)c(Br)c1. The molecule has 1 aromatic carbocycles. The number of imide groups is 1. The highest BCUT2D eigenvalue weighted by molar-refractivity contribution is 9.10. The molecule has 1 rings (SSSR count). The zero-order valence-corrected chi connectivity index (χ0v) is 13.2. The third-order valence-corrected chi connectivity index (χ3v) is 3.41. The fourth-order valence-electron chi connectivity index (χ4n) is 1.60. The molecule has 7 heteroatoms. The minimum Gasteiger partial charge on any atom is -0.496 e. The summed E-state index contributed by atoms with van der Waals surface area (Å²) < 4.78 is 10.4. The Labute approximate surface area is 126 Å². The first-order chi connectivity index (χ1) is 9.47. The van der Waals surface area contributed by atoms with Gasteiger partial charge in [0.2, 0.25) is 0 Å². The monoisotopic (exact) mass is 345 g/mol. The van der Waals surface area contributed by atoms with Crippen LogP contribution in [0.1, 0.15) is 18.5 Å². The van der Waals surface area contributed by atoms with Crippen LogP contribution in [0.3, 0.4) is 0 Å². The highest BCUT2D eigenvalue weighted by Crippen LogP contribution is 2.26. The van der Waals surface area contributed by atoms with Crippen LogP contribution in [0.5, 0.6) is 5.75 Å². The second-order valence-corrected chi connectivity index (χ2v) is 5.02. The molecule has 0 aliphatic carbocycles. The molecule has 0 fully saturated rings. The van der Waals surface area contributed by atoms with Crippen LogP contribution in [0.15, 0.2) is 22.7 Å². The Hall–Kier alpha value is -1.60. The molecule has 1 atom stereocenters. The summed E-state index contributed by atoms with van der Waals surface area (Å²) in [7, 11) is 2.82. The van der Waals surface area contributed by atoms with Crippen LogP contribution in [-0.4, -0.2) is 32.8 Å². The molecule has 110 valence electrons. The van der Waals surface area contributed by atoms with E-state index in [9.17, 15) is 9.59 Å². The van der Waals surface area contributed by atoms with Gasteiger partial charge in [0.1, 0.15) is 11.8 Å². The molecule has 3 N–H and O–H groups in total. The maximum absolute atomic E-state index is 11.4. The van der Waals surface area contributed by atoms with Crippen molar-refractivity contribution in [2.24, 2.45) is 0 Å². The van der Waals surface area contributed by atoms with Crippen LogP contribution in [0.4, 0.5) is 4.79 Å². The smallest absolute Gasteiger partial charge is 0.413 e. The molecular weight excluding hydrogens is 328 g/mol. The normalized spacial score (nSPS) is 11.6. The first-order valence-corrected chi connectivity index (χ1v) is 6.81. The second-order valence-electron chi connectivity index (χ2n) is 4.16. The van der Waals surface area contributed by atoms with Crippen molar-refractivity contribution in [1.82, 2.24) is 5.32 Å². The number of hydrogen-bond donors (Lipinski definition) is 2. The number of rotatable bonds is 5. The fraction of sp³-hybridized carbons (Fsp3) is 0.385. The first-order valence-electron chi connectivity index (χ1n) is 6.02. The number of nitrogens with two attached hydrogens (primary N) is 1. The van der Waals surface area contributed by atoms with Crippen molar-refractivity contribution >= 4 is 27.9 Å². The van der Waals surface area contributed by atoms with Gasteiger partial charge in [-0.05, 0) is 41.1 Å². The summed E-state index contributed by atoms with van der Waals surface area (Å²) in [5.41, 5.74) is 1.04. The molecule has 0 bridgehead atoms. The number of carbonyl (C=O) groups excluding carboxylic acids is 2. The predicted octanol–water partition coefficient (Wildman–Crippen LogP) is 0.965. The van der Waals surface area contributed by atoms with E-state index < -0.39 is 12.0 Å². The molecule has 0 saturated heterocycles. The number of benzene rings is 1. The Morgan fingerprint density at radius 2 is 2.10 bits per heavy atom. The molecule has 0 aliphatic heterocycles. The molecule has 0 aliphatic rings. The van der Waals surface area contributed by atoms with Gasteiger partial charge in [0, 0.05) is 5.56 Å². The van der Waals surface area contributed by atoms with Gasteiger partial charge in [0.15, 0.2) is 6.54 Å². The van der Waals surface area contributed by atoms with Crippen LogP contribution in [0.25, 0.3) is 0 Å². The largest absolute Gasteiger partial charge is 0.496 e. The van der Waals surface area contributed by atoms with Crippen LogP contribution in [0, 0.1) is 0 Å². The van der Waals surface area contributed by atoms with Crippen LogP contribution >= 0.6 is 15.9 Å². The van der Waals surface area contributed by atoms with Crippen molar-refractivity contribution in [1.29, 1.82) is 0 Å². The number of quaternary nitrogens is 1. The van der Waals surface area contributed by atoms with Gasteiger partial charge in [-0.15, -0.1) is 0 Å². The molecule has 0 aromatic heterocycles. The molecule has 0 saturated carbocycles. The van der Waals surface area contributed by atoms with Gasteiger partial charge in [0.05, 0.1) is 18.7 Å². The lowest BCUT2D eigenvalue weighted by atomic mass is 10.1. The van der Waals surface area contributed by atoms with Crippen molar-refractivity contribution in [2.45, 2.75) is 13.0 Å². The Kier molecular flexibility index (Phi) is 6.47. The van der Waals surface area contributed by atoms with E-state index in [4.69, 9.17) is 4.74 Å². The maximum Gasteiger partial charge on any atom is 0.413 e. The lowest BCUT2D eigenvalue weighted by Crippen LogP contribution is -2.87. The third-order valence-electron chi connectivity index (χ3n) is 2.79. The Morgan fingerprint density at radius 1 is 1.40 bits per heavy atom. The Bertz CT molecular complexity index is 493. The summed E-state index contributed by atoms with van der Waals surface area (Å²) in [4.78, 5) is 22.3. The van der Waals surface area contributed by atoms with Gasteiger partial charge in [-0.25, -0.2) is 4.79 Å². The minimum absolute atomic E-state index is 0.0700. The second kappa shape index (κ2) is 7.86. The fourth-order valence-corrected chi connectivity index (χ4v) is 2.16. The summed E-state index contributed by atoms with van der Waals surface area (Å²) >= 11 is 3.42. The van der Waals surface area contributed by atoms with Crippen molar-refractivity contribution in [3.05, 3.63) is 28.2 Å². The van der Waals surface area contributed by atoms with Crippen LogP contribution in [0.2, 0.25) is 0 Å². The van der Waals surface area contributed by atoms with Gasteiger partial charge in [-0.2, -0.15) is 0 Å². The van der Waals surface area contributed by atoms with Gasteiger partial charge >= 0.3 is 6.09 Å². The quantitative estimate of drug-likeness (QED) is 0.832. The maximum atomic E-state index is 11.4. The van der Waals surface area contributed by atoms with E-state index in [-0.39, 0.29) is 12.6 Å². The average molecular weight is 346 g/mol. The van der Waals surface area contributed by atoms with Crippen molar-refractivity contribution < 1.29 is 24.4 Å². The Balaban J connectivity index is 2.54. The minimum atomic E-state index is -0.747. The number of alkyl carbamates (subject to hydrolysis) is 1. The zero-order chi connectivity index (χ0) is 15.1. The van der Waals surface area contributed by atoms with Gasteiger partial charge in [0.25, 0.3) is 5.91 Å². The van der Waals surface area contributed by atoms with E-state index in [1.807, 2.05) is 30.4 Å². The van der Waals surface area contributed by atoms with E-state index in [1.165, 1.54) is 7.11 Å². The third kappa shape index (κ3) is 4.82. The molecule has 1 aromatic rings. The molecule has 0 heterocycles. The number of methoxy groups -OCH3 is 2. The molecule has 6 nitrogen and oxygen atoms in total. The summed E-state index contributed by atoms with van der Waals surface area (Å²) in [6, 6.07) is 5.81. The number of ether oxygens (including phenoxy) is 2. The summed E-state index contributed by atoms with van der Waals surface area (Å²) in [5.74, 6) is 0.362. The number of amides is 2. The van der Waals surface area contributed by atoms with Crippen LogP contribution in [-0.2, 0) is 9.53 Å². The van der Waals surface area contributed by atoms with E-state index in [0.717, 1.165) is 15.8 Å². The summed E-state index contributed by atoms with van der Waals surface area (Å²) in [6.07, 6.45) is -0.747. The van der Waals surface area contributed by atoms with E-state index in [1.54, 1.807) is 7.11 Å². The standard InChI is InChI=1S/C13H17BrN2O4/c1-8(15-7-12(17)16-13(18)20-3)9-4-5-11(19-2)10(14)6-9/h4-6,8,15H,7H2,1-3H3,(H,16,17,18)/p+1/t8-/m1/s1. The summed E-state index contributed by atoms with van der Waals surface area (Å²) in [6.45, 7) is 2.11. The molecule has 0 spiro atoms. The average Bonchev–Trinajstić information content (AvgIpc) is 2.44. The van der Waals surface area contributed by atoms with E-state index >= 15 is 0 Å².